The van der Waals surface area contributed by atoms with Crippen LogP contribution >= 0.6 is 0 Å². The molecule has 0 unspecified atom stereocenters. The molecule has 0 amide bonds. The van der Waals surface area contributed by atoms with E-state index in [0.717, 1.165) is 17.8 Å². The van der Waals surface area contributed by atoms with Crippen LogP contribution in [0, 0.1) is 0 Å². The molecular formula is C18H21ClN5O2-. The third kappa shape index (κ3) is 4.71. The number of hydrogen-bond acceptors (Lipinski definition) is 6. The van der Waals surface area contributed by atoms with Gasteiger partial charge in [-0.1, -0.05) is 43.2 Å². The number of halogens is 1. The fourth-order valence-electron chi connectivity index (χ4n) is 2.30. The van der Waals surface area contributed by atoms with E-state index in [4.69, 9.17) is 9.47 Å². The van der Waals surface area contributed by atoms with E-state index in [1.54, 1.807) is 7.11 Å². The molecule has 26 heavy (non-hydrogen) atoms. The van der Waals surface area contributed by atoms with Gasteiger partial charge >= 0.3 is 6.01 Å². The van der Waals surface area contributed by atoms with Gasteiger partial charge in [-0.05, 0) is 40.3 Å². The third-order valence-corrected chi connectivity index (χ3v) is 3.59. The summed E-state index contributed by atoms with van der Waals surface area (Å²) in [6, 6.07) is 16.1. The van der Waals surface area contributed by atoms with Gasteiger partial charge < -0.3 is 27.2 Å². The van der Waals surface area contributed by atoms with Crippen LogP contribution in [0.15, 0.2) is 48.5 Å². The van der Waals surface area contributed by atoms with Crippen LogP contribution in [0.3, 0.4) is 0 Å². The average Bonchev–Trinajstić information content (AvgIpc) is 3.09. The van der Waals surface area contributed by atoms with E-state index in [-0.39, 0.29) is 18.4 Å². The van der Waals surface area contributed by atoms with Crippen LogP contribution < -0.4 is 27.2 Å². The van der Waals surface area contributed by atoms with Gasteiger partial charge in [-0.25, -0.2) is 0 Å². The molecule has 3 aromatic rings. The Bertz CT molecular complexity index is 823. The first-order valence-corrected chi connectivity index (χ1v) is 8.09. The zero-order valence-corrected chi connectivity index (χ0v) is 15.6. The molecule has 0 saturated heterocycles. The number of benzene rings is 2. The van der Waals surface area contributed by atoms with Crippen LogP contribution in [0.5, 0.6) is 17.5 Å². The Kier molecular flexibility index (Phi) is 6.94. The van der Waals surface area contributed by atoms with Crippen LogP contribution in [0.1, 0.15) is 19.4 Å². The second-order valence-electron chi connectivity index (χ2n) is 5.83. The monoisotopic (exact) mass is 374 g/mol. The maximum atomic E-state index is 5.89. The van der Waals surface area contributed by atoms with Gasteiger partial charge in [0.15, 0.2) is 11.5 Å². The first kappa shape index (κ1) is 19.7. The Morgan fingerprint density at radius 1 is 1.08 bits per heavy atom. The van der Waals surface area contributed by atoms with Crippen molar-refractivity contribution in [3.05, 3.63) is 54.1 Å². The van der Waals surface area contributed by atoms with E-state index in [1.807, 2.05) is 48.5 Å². The van der Waals surface area contributed by atoms with Crippen molar-refractivity contribution in [1.29, 1.82) is 0 Å². The van der Waals surface area contributed by atoms with E-state index < -0.39 is 0 Å². The summed E-state index contributed by atoms with van der Waals surface area (Å²) >= 11 is 0. The number of para-hydroxylation sites is 1. The summed E-state index contributed by atoms with van der Waals surface area (Å²) in [5, 5.41) is 15.0. The van der Waals surface area contributed by atoms with Gasteiger partial charge in [-0.2, -0.15) is 4.68 Å². The molecule has 1 heterocycles. The predicted molar refractivity (Wildman–Crippen MR) is 94.2 cm³/mol. The SMILES string of the molecule is COc1cc(CNC(C)C)ccc1Oc1nnnn1-c1ccccc1.[Cl-]. The normalized spacial score (nSPS) is 10.5. The maximum absolute atomic E-state index is 5.89. The summed E-state index contributed by atoms with van der Waals surface area (Å²) in [4.78, 5) is 0. The van der Waals surface area contributed by atoms with Gasteiger partial charge in [-0.3, -0.25) is 0 Å². The minimum Gasteiger partial charge on any atom is -1.00 e. The van der Waals surface area contributed by atoms with Crippen molar-refractivity contribution in [2.45, 2.75) is 26.4 Å². The summed E-state index contributed by atoms with van der Waals surface area (Å²) in [6.07, 6.45) is 0. The molecule has 0 aliphatic carbocycles. The van der Waals surface area contributed by atoms with Gasteiger partial charge in [0.05, 0.1) is 12.8 Å². The maximum Gasteiger partial charge on any atom is 0.346 e. The quantitative estimate of drug-likeness (QED) is 0.626. The highest BCUT2D eigenvalue weighted by atomic mass is 35.5. The molecule has 1 aromatic heterocycles. The zero-order valence-electron chi connectivity index (χ0n) is 14.9. The van der Waals surface area contributed by atoms with Crippen molar-refractivity contribution in [2.24, 2.45) is 0 Å². The zero-order chi connectivity index (χ0) is 17.6. The van der Waals surface area contributed by atoms with Crippen molar-refractivity contribution in [3.8, 4) is 23.2 Å². The summed E-state index contributed by atoms with van der Waals surface area (Å²) in [5.41, 5.74) is 1.93. The summed E-state index contributed by atoms with van der Waals surface area (Å²) in [7, 11) is 1.61. The fourth-order valence-corrected chi connectivity index (χ4v) is 2.30. The lowest BCUT2D eigenvalue weighted by molar-refractivity contribution is -0.00000630. The Morgan fingerprint density at radius 3 is 2.54 bits per heavy atom. The van der Waals surface area contributed by atoms with E-state index in [1.165, 1.54) is 4.68 Å². The second-order valence-corrected chi connectivity index (χ2v) is 5.83. The van der Waals surface area contributed by atoms with Gasteiger partial charge in [0.1, 0.15) is 0 Å². The molecule has 0 fully saturated rings. The average molecular weight is 375 g/mol. The predicted octanol–water partition coefficient (Wildman–Crippen LogP) is -0.0348. The number of nitrogens with one attached hydrogen (secondary N) is 1. The van der Waals surface area contributed by atoms with E-state index in [9.17, 15) is 0 Å². The van der Waals surface area contributed by atoms with Crippen LogP contribution in [-0.2, 0) is 6.54 Å². The lowest BCUT2D eigenvalue weighted by Gasteiger charge is -2.13. The molecule has 2 aromatic carbocycles. The van der Waals surface area contributed by atoms with Gasteiger partial charge in [0.2, 0.25) is 0 Å². The molecule has 3 rings (SSSR count). The summed E-state index contributed by atoms with van der Waals surface area (Å²) < 4.78 is 12.9. The van der Waals surface area contributed by atoms with Gasteiger partial charge in [0.25, 0.3) is 0 Å². The third-order valence-electron chi connectivity index (χ3n) is 3.59. The first-order valence-electron chi connectivity index (χ1n) is 8.09. The minimum absolute atomic E-state index is 0. The van der Waals surface area contributed by atoms with E-state index in [2.05, 4.69) is 34.7 Å². The smallest absolute Gasteiger partial charge is 0.346 e. The molecule has 1 N–H and O–H groups in total. The molecule has 0 aliphatic rings. The number of rotatable bonds is 7. The summed E-state index contributed by atoms with van der Waals surface area (Å²) in [5.74, 6) is 1.19. The second kappa shape index (κ2) is 9.17. The Balaban J connectivity index is 0.00000243. The Labute approximate surface area is 158 Å². The van der Waals surface area contributed by atoms with Crippen LogP contribution in [0.25, 0.3) is 5.69 Å². The lowest BCUT2D eigenvalue weighted by atomic mass is 10.2. The molecule has 0 aliphatic heterocycles. The van der Waals surface area contributed by atoms with Crippen molar-refractivity contribution in [1.82, 2.24) is 25.5 Å². The highest BCUT2D eigenvalue weighted by Crippen LogP contribution is 2.32. The Morgan fingerprint density at radius 2 is 1.85 bits per heavy atom. The molecule has 0 atom stereocenters. The lowest BCUT2D eigenvalue weighted by Crippen LogP contribution is -3.00. The first-order chi connectivity index (χ1) is 12.2. The Hall–Kier alpha value is -2.64. The number of nitrogens with zero attached hydrogens (tertiary/aromatic N) is 4. The highest BCUT2D eigenvalue weighted by Gasteiger charge is 2.14. The van der Waals surface area contributed by atoms with Crippen molar-refractivity contribution in [2.75, 3.05) is 7.11 Å². The molecule has 138 valence electrons. The van der Waals surface area contributed by atoms with Crippen LogP contribution in [0.2, 0.25) is 0 Å². The summed E-state index contributed by atoms with van der Waals surface area (Å²) in [6.45, 7) is 4.98. The number of ether oxygens (including phenoxy) is 2. The molecular weight excluding hydrogens is 354 g/mol. The van der Waals surface area contributed by atoms with Crippen molar-refractivity contribution >= 4 is 0 Å². The van der Waals surface area contributed by atoms with E-state index >= 15 is 0 Å². The number of methoxy groups -OCH3 is 1. The standard InChI is InChI=1S/C18H21N5O2.ClH/c1-13(2)19-12-14-9-10-16(17(11-14)24-3)25-18-20-21-22-23(18)15-7-5-4-6-8-15;/h4-11,13,19H,12H2,1-3H3;1H/p-1. The van der Waals surface area contributed by atoms with Crippen LogP contribution in [0.4, 0.5) is 0 Å². The highest BCUT2D eigenvalue weighted by molar-refractivity contribution is 5.44. The molecule has 0 bridgehead atoms. The minimum atomic E-state index is 0. The number of aromatic nitrogens is 4. The van der Waals surface area contributed by atoms with Crippen molar-refractivity contribution in [3.63, 3.8) is 0 Å². The largest absolute Gasteiger partial charge is 1.00 e. The number of tetrazole rings is 1. The number of hydrogen-bond donors (Lipinski definition) is 1. The van der Waals surface area contributed by atoms with E-state index in [0.29, 0.717) is 17.5 Å². The van der Waals surface area contributed by atoms with Crippen molar-refractivity contribution < 1.29 is 21.9 Å². The molecule has 7 nitrogen and oxygen atoms in total. The molecule has 0 spiro atoms. The molecule has 0 radical (unpaired) electrons. The fraction of sp³-hybridized carbons (Fsp3) is 0.278. The topological polar surface area (TPSA) is 74.1 Å². The molecule has 8 heteroatoms. The molecule has 0 saturated carbocycles. The van der Waals surface area contributed by atoms with Gasteiger partial charge in [-0.15, -0.1) is 0 Å². The van der Waals surface area contributed by atoms with Crippen LogP contribution in [-0.4, -0.2) is 33.4 Å². The van der Waals surface area contributed by atoms with Gasteiger partial charge in [0, 0.05) is 12.6 Å².